The number of hydrogen-bond acceptors (Lipinski definition) is 2. The zero-order valence-electron chi connectivity index (χ0n) is 7.21. The Morgan fingerprint density at radius 1 is 1.38 bits per heavy atom. The lowest BCUT2D eigenvalue weighted by atomic mass is 10.2. The van der Waals surface area contributed by atoms with Gasteiger partial charge in [-0.25, -0.2) is 4.39 Å². The van der Waals surface area contributed by atoms with Gasteiger partial charge in [0.2, 0.25) is 0 Å². The Labute approximate surface area is 84.8 Å². The lowest BCUT2D eigenvalue weighted by molar-refractivity contribution is 0.630. The van der Waals surface area contributed by atoms with Gasteiger partial charge >= 0.3 is 0 Å². The quantitative estimate of drug-likeness (QED) is 0.727. The molecule has 0 N–H and O–H groups in total. The largest absolute Gasteiger partial charge is 0.207 e. The molecule has 0 bridgehead atoms. The molecule has 68 valence electrons. The maximum absolute atomic E-state index is 12.8. The van der Waals surface area contributed by atoms with Gasteiger partial charge in [-0.2, -0.15) is 11.8 Å². The summed E-state index contributed by atoms with van der Waals surface area (Å²) in [6.45, 7) is 0. The fourth-order valence-corrected chi connectivity index (χ4v) is 3.08. The Morgan fingerprint density at radius 3 is 3.00 bits per heavy atom. The summed E-state index contributed by atoms with van der Waals surface area (Å²) in [4.78, 5) is 1.31. The van der Waals surface area contributed by atoms with Crippen molar-refractivity contribution in [3.63, 3.8) is 0 Å². The summed E-state index contributed by atoms with van der Waals surface area (Å²) in [5.74, 6) is 0.863. The van der Waals surface area contributed by atoms with Crippen LogP contribution in [0.1, 0.15) is 4.88 Å². The molecular weight excluding hydrogens is 203 g/mol. The van der Waals surface area contributed by atoms with Gasteiger partial charge in [0, 0.05) is 15.3 Å². The average molecular weight is 212 g/mol. The van der Waals surface area contributed by atoms with E-state index < -0.39 is 0 Å². The van der Waals surface area contributed by atoms with Crippen molar-refractivity contribution in [2.45, 2.75) is 5.75 Å². The smallest absolute Gasteiger partial charge is 0.123 e. The normalized spacial score (nSPS) is 10.9. The number of thioether (sulfide) groups is 1. The minimum atomic E-state index is -0.152. The third-order valence-electron chi connectivity index (χ3n) is 1.82. The topological polar surface area (TPSA) is 0 Å². The Bertz CT molecular complexity index is 420. The molecule has 1 heterocycles. The molecule has 0 fully saturated rings. The summed E-state index contributed by atoms with van der Waals surface area (Å²) < 4.78 is 14.0. The molecule has 0 saturated carbocycles. The van der Waals surface area contributed by atoms with Crippen LogP contribution in [0, 0.1) is 5.82 Å². The van der Waals surface area contributed by atoms with E-state index in [-0.39, 0.29) is 5.82 Å². The molecule has 0 nitrogen and oxygen atoms in total. The number of thiophene rings is 1. The van der Waals surface area contributed by atoms with E-state index in [0.29, 0.717) is 0 Å². The van der Waals surface area contributed by atoms with E-state index in [1.54, 1.807) is 29.2 Å². The standard InChI is InChI=1S/C10H9FS2/c1-12-6-9-5-7-4-8(11)2-3-10(7)13-9/h2-5H,6H2,1H3. The monoisotopic (exact) mass is 212 g/mol. The van der Waals surface area contributed by atoms with Crippen molar-refractivity contribution in [3.8, 4) is 0 Å². The number of benzene rings is 1. The predicted molar refractivity (Wildman–Crippen MR) is 59.0 cm³/mol. The van der Waals surface area contributed by atoms with Gasteiger partial charge < -0.3 is 0 Å². The van der Waals surface area contributed by atoms with Crippen LogP contribution in [-0.2, 0) is 5.75 Å². The van der Waals surface area contributed by atoms with E-state index in [1.807, 2.05) is 6.07 Å². The summed E-state index contributed by atoms with van der Waals surface area (Å²) in [6.07, 6.45) is 2.07. The van der Waals surface area contributed by atoms with Gasteiger partial charge in [-0.1, -0.05) is 0 Å². The first-order chi connectivity index (χ1) is 6.29. The van der Waals surface area contributed by atoms with Crippen molar-refractivity contribution in [1.82, 2.24) is 0 Å². The highest BCUT2D eigenvalue weighted by Gasteiger charge is 2.01. The van der Waals surface area contributed by atoms with Gasteiger partial charge in [0.15, 0.2) is 0 Å². The summed E-state index contributed by atoms with van der Waals surface area (Å²) in [5, 5.41) is 1.02. The molecule has 3 heteroatoms. The molecule has 0 spiro atoms. The number of halogens is 1. The van der Waals surface area contributed by atoms with Crippen LogP contribution in [0.3, 0.4) is 0 Å². The van der Waals surface area contributed by atoms with Gasteiger partial charge in [0.05, 0.1) is 0 Å². The van der Waals surface area contributed by atoms with Crippen LogP contribution in [0.2, 0.25) is 0 Å². The lowest BCUT2D eigenvalue weighted by Gasteiger charge is -1.86. The van der Waals surface area contributed by atoms with Crippen LogP contribution in [-0.4, -0.2) is 6.26 Å². The van der Waals surface area contributed by atoms with Gasteiger partial charge in [0.25, 0.3) is 0 Å². The van der Waals surface area contributed by atoms with E-state index in [4.69, 9.17) is 0 Å². The van der Waals surface area contributed by atoms with Crippen molar-refractivity contribution in [2.24, 2.45) is 0 Å². The zero-order chi connectivity index (χ0) is 9.26. The third kappa shape index (κ3) is 1.86. The van der Waals surface area contributed by atoms with E-state index in [9.17, 15) is 4.39 Å². The van der Waals surface area contributed by atoms with E-state index in [1.165, 1.54) is 15.6 Å². The first-order valence-electron chi connectivity index (χ1n) is 3.96. The molecule has 0 aliphatic heterocycles. The van der Waals surface area contributed by atoms with Gasteiger partial charge in [-0.15, -0.1) is 11.3 Å². The molecule has 2 rings (SSSR count). The molecule has 0 aliphatic carbocycles. The van der Waals surface area contributed by atoms with Crippen molar-refractivity contribution in [3.05, 3.63) is 35.0 Å². The number of rotatable bonds is 2. The molecule has 0 unspecified atom stereocenters. The summed E-state index contributed by atoms with van der Waals surface area (Å²) in [6, 6.07) is 7.02. The third-order valence-corrected chi connectivity index (χ3v) is 3.71. The fraction of sp³-hybridized carbons (Fsp3) is 0.200. The average Bonchev–Trinajstić information content (AvgIpc) is 2.46. The van der Waals surface area contributed by atoms with Crippen LogP contribution in [0.15, 0.2) is 24.3 Å². The highest BCUT2D eigenvalue weighted by molar-refractivity contribution is 7.97. The molecular formula is C10H9FS2. The van der Waals surface area contributed by atoms with Crippen LogP contribution in [0.5, 0.6) is 0 Å². The Balaban J connectivity index is 2.49. The highest BCUT2D eigenvalue weighted by Crippen LogP contribution is 2.28. The highest BCUT2D eigenvalue weighted by atomic mass is 32.2. The molecule has 1 aromatic carbocycles. The van der Waals surface area contributed by atoms with E-state index in [0.717, 1.165) is 11.1 Å². The summed E-state index contributed by atoms with van der Waals surface area (Å²) >= 11 is 3.53. The summed E-state index contributed by atoms with van der Waals surface area (Å²) in [5.41, 5.74) is 0. The Kier molecular flexibility index (Phi) is 2.56. The molecule has 0 saturated heterocycles. The van der Waals surface area contributed by atoms with Crippen LogP contribution < -0.4 is 0 Å². The second kappa shape index (κ2) is 3.68. The second-order valence-corrected chi connectivity index (χ2v) is 4.86. The van der Waals surface area contributed by atoms with Crippen molar-refractivity contribution in [1.29, 1.82) is 0 Å². The van der Waals surface area contributed by atoms with Crippen molar-refractivity contribution >= 4 is 33.2 Å². The van der Waals surface area contributed by atoms with E-state index in [2.05, 4.69) is 12.3 Å². The van der Waals surface area contributed by atoms with Crippen LogP contribution in [0.25, 0.3) is 10.1 Å². The zero-order valence-corrected chi connectivity index (χ0v) is 8.84. The van der Waals surface area contributed by atoms with Crippen LogP contribution >= 0.6 is 23.1 Å². The van der Waals surface area contributed by atoms with Gasteiger partial charge in [0.1, 0.15) is 5.82 Å². The predicted octanol–water partition coefficient (Wildman–Crippen LogP) is 3.90. The van der Waals surface area contributed by atoms with Crippen molar-refractivity contribution < 1.29 is 4.39 Å². The Hall–Kier alpha value is -0.540. The van der Waals surface area contributed by atoms with Gasteiger partial charge in [-0.3, -0.25) is 0 Å². The molecule has 0 amide bonds. The first-order valence-corrected chi connectivity index (χ1v) is 6.17. The van der Waals surface area contributed by atoms with E-state index >= 15 is 0 Å². The maximum atomic E-state index is 12.8. The maximum Gasteiger partial charge on any atom is 0.123 e. The SMILES string of the molecule is CSCc1cc2cc(F)ccc2s1. The number of fused-ring (bicyclic) bond motifs is 1. The molecule has 0 atom stereocenters. The van der Waals surface area contributed by atoms with Gasteiger partial charge in [-0.05, 0) is 35.9 Å². The number of hydrogen-bond donors (Lipinski definition) is 0. The summed E-state index contributed by atoms with van der Waals surface area (Å²) in [7, 11) is 0. The van der Waals surface area contributed by atoms with Crippen molar-refractivity contribution in [2.75, 3.05) is 6.26 Å². The second-order valence-electron chi connectivity index (χ2n) is 2.83. The minimum absolute atomic E-state index is 0.152. The Morgan fingerprint density at radius 2 is 2.23 bits per heavy atom. The minimum Gasteiger partial charge on any atom is -0.207 e. The lowest BCUT2D eigenvalue weighted by Crippen LogP contribution is -1.69. The molecule has 2 aromatic rings. The first kappa shape index (κ1) is 9.03. The molecule has 1 aromatic heterocycles. The molecule has 13 heavy (non-hydrogen) atoms. The molecule has 0 radical (unpaired) electrons. The van der Waals surface area contributed by atoms with Crippen LogP contribution in [0.4, 0.5) is 4.39 Å². The fourth-order valence-electron chi connectivity index (χ4n) is 1.28. The molecule has 0 aliphatic rings.